The Morgan fingerprint density at radius 2 is 0.806 bits per heavy atom. The molecule has 0 heterocycles. The van der Waals surface area contributed by atoms with E-state index in [9.17, 15) is 0 Å². The van der Waals surface area contributed by atoms with Gasteiger partial charge in [-0.05, 0) is 19.3 Å². The zero-order valence-electron chi connectivity index (χ0n) is 25.5. The molecule has 0 bridgehead atoms. The molecule has 36 heavy (non-hydrogen) atoms. The van der Waals surface area contributed by atoms with Gasteiger partial charge < -0.3 is 15.2 Å². The van der Waals surface area contributed by atoms with Gasteiger partial charge in [0.2, 0.25) is 5.91 Å². The fourth-order valence-electron chi connectivity index (χ4n) is 4.97. The predicted molar refractivity (Wildman–Crippen MR) is 159 cm³/mol. The maximum atomic E-state index is 6.82. The highest BCUT2D eigenvalue weighted by Crippen LogP contribution is 2.36. The van der Waals surface area contributed by atoms with Gasteiger partial charge in [-0.25, -0.2) is 0 Å². The average Bonchev–Trinajstić information content (AvgIpc) is 2.85. The molecule has 0 amide bonds. The molecule has 0 saturated heterocycles. The third-order valence-electron chi connectivity index (χ3n) is 8.05. The van der Waals surface area contributed by atoms with Gasteiger partial charge in [0.15, 0.2) is 0 Å². The fourth-order valence-corrected chi connectivity index (χ4v) is 4.97. The van der Waals surface area contributed by atoms with Crippen LogP contribution in [0, 0.1) is 5.41 Å². The van der Waals surface area contributed by atoms with Crippen LogP contribution in [0.15, 0.2) is 0 Å². The van der Waals surface area contributed by atoms with E-state index in [0.29, 0.717) is 13.2 Å². The summed E-state index contributed by atoms with van der Waals surface area (Å²) in [7, 11) is 0. The lowest BCUT2D eigenvalue weighted by atomic mass is 9.78. The number of hydrogen-bond acceptors (Lipinski definition) is 4. The highest BCUT2D eigenvalue weighted by atomic mass is 16.7. The molecule has 0 aromatic carbocycles. The minimum absolute atomic E-state index is 0.0482. The van der Waals surface area contributed by atoms with Gasteiger partial charge in [0.25, 0.3) is 0 Å². The van der Waals surface area contributed by atoms with Crippen molar-refractivity contribution in [2.24, 2.45) is 16.9 Å². The molecule has 4 heteroatoms. The van der Waals surface area contributed by atoms with Gasteiger partial charge in [0.05, 0.1) is 13.2 Å². The van der Waals surface area contributed by atoms with Crippen molar-refractivity contribution in [1.29, 1.82) is 0 Å². The molecule has 0 rings (SSSR count). The SMILES string of the molecule is CCCCCCCCCCCCOC(N)(OCCCCCCCCCCCC)C(C)(C)C(N)CCC. The summed E-state index contributed by atoms with van der Waals surface area (Å²) in [5.41, 5.74) is 12.9. The molecular weight excluding hydrogens is 444 g/mol. The van der Waals surface area contributed by atoms with Crippen molar-refractivity contribution in [2.45, 2.75) is 188 Å². The van der Waals surface area contributed by atoms with Crippen LogP contribution in [0.4, 0.5) is 0 Å². The van der Waals surface area contributed by atoms with Gasteiger partial charge >= 0.3 is 0 Å². The quantitative estimate of drug-likeness (QED) is 0.0808. The lowest BCUT2D eigenvalue weighted by Gasteiger charge is -2.46. The Morgan fingerprint density at radius 1 is 0.500 bits per heavy atom. The highest BCUT2D eigenvalue weighted by Gasteiger charge is 2.48. The van der Waals surface area contributed by atoms with Crippen molar-refractivity contribution < 1.29 is 9.47 Å². The Bertz CT molecular complexity index is 429. The van der Waals surface area contributed by atoms with Gasteiger partial charge in [-0.15, -0.1) is 0 Å². The van der Waals surface area contributed by atoms with E-state index in [1.807, 2.05) is 0 Å². The molecule has 4 N–H and O–H groups in total. The molecule has 0 spiro atoms. The molecule has 0 aromatic rings. The van der Waals surface area contributed by atoms with Gasteiger partial charge in [-0.1, -0.05) is 157 Å². The molecular formula is C32H68N2O2. The second-order valence-electron chi connectivity index (χ2n) is 11.8. The highest BCUT2D eigenvalue weighted by molar-refractivity contribution is 4.91. The Balaban J connectivity index is 4.29. The number of rotatable bonds is 28. The van der Waals surface area contributed by atoms with Crippen molar-refractivity contribution in [3.05, 3.63) is 0 Å². The number of nitrogens with two attached hydrogens (primary N) is 2. The minimum atomic E-state index is -1.12. The topological polar surface area (TPSA) is 70.5 Å². The summed E-state index contributed by atoms with van der Waals surface area (Å²) in [6.07, 6.45) is 28.2. The monoisotopic (exact) mass is 513 g/mol. The summed E-state index contributed by atoms with van der Waals surface area (Å²) in [5.74, 6) is -1.12. The van der Waals surface area contributed by atoms with Crippen molar-refractivity contribution in [2.75, 3.05) is 13.2 Å². The van der Waals surface area contributed by atoms with Crippen LogP contribution in [0.5, 0.6) is 0 Å². The predicted octanol–water partition coefficient (Wildman–Crippen LogP) is 9.63. The Hall–Kier alpha value is -0.160. The van der Waals surface area contributed by atoms with E-state index in [-0.39, 0.29) is 6.04 Å². The maximum absolute atomic E-state index is 6.82. The summed E-state index contributed by atoms with van der Waals surface area (Å²) in [4.78, 5) is 0. The Kier molecular flexibility index (Phi) is 23.8. The molecule has 218 valence electrons. The molecule has 4 nitrogen and oxygen atoms in total. The lowest BCUT2D eigenvalue weighted by Crippen LogP contribution is -2.63. The minimum Gasteiger partial charge on any atom is -0.337 e. The van der Waals surface area contributed by atoms with E-state index in [0.717, 1.165) is 25.7 Å². The van der Waals surface area contributed by atoms with E-state index >= 15 is 0 Å². The van der Waals surface area contributed by atoms with Crippen LogP contribution in [0.1, 0.15) is 176 Å². The van der Waals surface area contributed by atoms with Crippen LogP contribution in [0.3, 0.4) is 0 Å². The number of hydrogen-bond donors (Lipinski definition) is 2. The molecule has 0 aromatic heterocycles. The first-order chi connectivity index (χ1) is 17.4. The number of ether oxygens (including phenoxy) is 2. The van der Waals surface area contributed by atoms with Crippen molar-refractivity contribution >= 4 is 0 Å². The zero-order valence-corrected chi connectivity index (χ0v) is 25.5. The molecule has 0 fully saturated rings. The lowest BCUT2D eigenvalue weighted by molar-refractivity contribution is -0.295. The van der Waals surface area contributed by atoms with E-state index in [4.69, 9.17) is 20.9 Å². The van der Waals surface area contributed by atoms with E-state index < -0.39 is 11.3 Å². The van der Waals surface area contributed by atoms with Crippen molar-refractivity contribution in [1.82, 2.24) is 0 Å². The smallest absolute Gasteiger partial charge is 0.231 e. The molecule has 0 radical (unpaired) electrons. The first-order valence-electron chi connectivity index (χ1n) is 16.2. The molecule has 0 aliphatic heterocycles. The van der Waals surface area contributed by atoms with Crippen molar-refractivity contribution in [3.63, 3.8) is 0 Å². The van der Waals surface area contributed by atoms with Crippen LogP contribution >= 0.6 is 0 Å². The van der Waals surface area contributed by atoms with Crippen LogP contribution in [0.2, 0.25) is 0 Å². The molecule has 0 aliphatic rings. The first-order valence-corrected chi connectivity index (χ1v) is 16.2. The van der Waals surface area contributed by atoms with Gasteiger partial charge in [0, 0.05) is 11.5 Å². The first kappa shape index (κ1) is 35.8. The Morgan fingerprint density at radius 3 is 1.11 bits per heavy atom. The van der Waals surface area contributed by atoms with E-state index in [1.165, 1.54) is 116 Å². The van der Waals surface area contributed by atoms with Gasteiger partial charge in [-0.2, -0.15) is 0 Å². The zero-order chi connectivity index (χ0) is 27.0. The molecule has 0 aliphatic carbocycles. The van der Waals surface area contributed by atoms with Crippen LogP contribution in [-0.4, -0.2) is 25.2 Å². The molecule has 1 atom stereocenters. The maximum Gasteiger partial charge on any atom is 0.231 e. The van der Waals surface area contributed by atoms with E-state index in [1.54, 1.807) is 0 Å². The summed E-state index contributed by atoms with van der Waals surface area (Å²) in [6, 6.07) is -0.0482. The summed E-state index contributed by atoms with van der Waals surface area (Å²) < 4.78 is 12.6. The molecule has 0 saturated carbocycles. The number of unbranched alkanes of at least 4 members (excludes halogenated alkanes) is 18. The van der Waals surface area contributed by atoms with Crippen LogP contribution in [-0.2, 0) is 9.47 Å². The largest absolute Gasteiger partial charge is 0.337 e. The van der Waals surface area contributed by atoms with Crippen molar-refractivity contribution in [3.8, 4) is 0 Å². The normalized spacial score (nSPS) is 13.4. The third-order valence-corrected chi connectivity index (χ3v) is 8.05. The standard InChI is InChI=1S/C32H68N2O2/c1-6-9-11-13-15-17-19-21-23-25-28-35-32(34,31(4,5)30(33)27-8-3)36-29-26-24-22-20-18-16-14-12-10-7-2/h30H,6-29,33-34H2,1-5H3. The molecule has 1 unspecified atom stereocenters. The van der Waals surface area contributed by atoms with Crippen LogP contribution < -0.4 is 11.5 Å². The summed E-state index contributed by atoms with van der Waals surface area (Å²) in [5, 5.41) is 0. The summed E-state index contributed by atoms with van der Waals surface area (Å²) in [6.45, 7) is 12.2. The average molecular weight is 513 g/mol. The second kappa shape index (κ2) is 23.9. The van der Waals surface area contributed by atoms with Crippen LogP contribution in [0.25, 0.3) is 0 Å². The van der Waals surface area contributed by atoms with Gasteiger partial charge in [-0.3, -0.25) is 5.73 Å². The third kappa shape index (κ3) is 17.4. The Labute approximate surface area is 227 Å². The van der Waals surface area contributed by atoms with Gasteiger partial charge in [0.1, 0.15) is 0 Å². The summed E-state index contributed by atoms with van der Waals surface area (Å²) >= 11 is 0. The van der Waals surface area contributed by atoms with E-state index in [2.05, 4.69) is 34.6 Å². The second-order valence-corrected chi connectivity index (χ2v) is 11.8. The fraction of sp³-hybridized carbons (Fsp3) is 1.00.